The fraction of sp³-hybridized carbons (Fsp3) is 0.588. The molecule has 4 heteroatoms. The van der Waals surface area contributed by atoms with Crippen molar-refractivity contribution in [1.82, 2.24) is 4.90 Å². The molecule has 2 aliphatic rings. The minimum atomic E-state index is -0.0879. The number of anilines is 1. The van der Waals surface area contributed by atoms with Crippen molar-refractivity contribution in [2.24, 2.45) is 5.41 Å². The van der Waals surface area contributed by atoms with Gasteiger partial charge in [0.1, 0.15) is 0 Å². The molecule has 114 valence electrons. The zero-order valence-corrected chi connectivity index (χ0v) is 12.8. The summed E-state index contributed by atoms with van der Waals surface area (Å²) in [5, 5.41) is 12.4. The van der Waals surface area contributed by atoms with Crippen LogP contribution >= 0.6 is 0 Å². The number of carbonyl (C=O) groups excluding carboxylic acids is 1. The van der Waals surface area contributed by atoms with Gasteiger partial charge in [-0.3, -0.25) is 0 Å². The number of aliphatic hydroxyl groups excluding tert-OH is 1. The van der Waals surface area contributed by atoms with Crippen molar-refractivity contribution >= 4 is 11.7 Å². The van der Waals surface area contributed by atoms with Crippen molar-refractivity contribution in [3.63, 3.8) is 0 Å². The summed E-state index contributed by atoms with van der Waals surface area (Å²) >= 11 is 0. The Bertz CT molecular complexity index is 520. The highest BCUT2D eigenvalue weighted by molar-refractivity contribution is 5.89. The van der Waals surface area contributed by atoms with Gasteiger partial charge in [-0.1, -0.05) is 26.0 Å². The number of nitrogens with one attached hydrogen (secondary N) is 1. The summed E-state index contributed by atoms with van der Waals surface area (Å²) in [7, 11) is 0. The van der Waals surface area contributed by atoms with E-state index in [-0.39, 0.29) is 18.7 Å². The molecule has 1 aliphatic heterocycles. The molecular weight excluding hydrogens is 264 g/mol. The maximum Gasteiger partial charge on any atom is 0.322 e. The number of likely N-dealkylation sites (tertiary alicyclic amines) is 1. The van der Waals surface area contributed by atoms with Gasteiger partial charge >= 0.3 is 6.03 Å². The van der Waals surface area contributed by atoms with Gasteiger partial charge in [-0.05, 0) is 48.3 Å². The average Bonchev–Trinajstić information content (AvgIpc) is 3.10. The highest BCUT2D eigenvalue weighted by Gasteiger charge is 2.52. The van der Waals surface area contributed by atoms with E-state index < -0.39 is 0 Å². The SMILES string of the molecule is CC(C)c1ccc(NC(=O)N2CC3(CC3)C[C@H]2CO)cc1. The first-order chi connectivity index (χ1) is 10.0. The Morgan fingerprint density at radius 2 is 2.05 bits per heavy atom. The van der Waals surface area contributed by atoms with Crippen LogP contribution in [0.2, 0.25) is 0 Å². The summed E-state index contributed by atoms with van der Waals surface area (Å²) in [4.78, 5) is 14.2. The highest BCUT2D eigenvalue weighted by atomic mass is 16.3. The molecule has 1 saturated carbocycles. The van der Waals surface area contributed by atoms with Gasteiger partial charge in [0.05, 0.1) is 12.6 Å². The lowest BCUT2D eigenvalue weighted by atomic mass is 10.0. The van der Waals surface area contributed by atoms with Gasteiger partial charge in [0.2, 0.25) is 0 Å². The van der Waals surface area contributed by atoms with Crippen LogP contribution in [0.25, 0.3) is 0 Å². The molecular formula is C17H24N2O2. The molecule has 21 heavy (non-hydrogen) atoms. The number of nitrogens with zero attached hydrogens (tertiary/aromatic N) is 1. The Hall–Kier alpha value is -1.55. The highest BCUT2D eigenvalue weighted by Crippen LogP contribution is 2.54. The van der Waals surface area contributed by atoms with E-state index in [1.165, 1.54) is 18.4 Å². The molecule has 1 atom stereocenters. The third-order valence-electron chi connectivity index (χ3n) is 4.87. The molecule has 1 saturated heterocycles. The van der Waals surface area contributed by atoms with E-state index in [1.54, 1.807) is 0 Å². The minimum absolute atomic E-state index is 0.0255. The molecule has 4 nitrogen and oxygen atoms in total. The Morgan fingerprint density at radius 3 is 2.57 bits per heavy atom. The lowest BCUT2D eigenvalue weighted by Crippen LogP contribution is -2.40. The molecule has 1 spiro atoms. The summed E-state index contributed by atoms with van der Waals surface area (Å²) < 4.78 is 0. The number of rotatable bonds is 3. The van der Waals surface area contributed by atoms with E-state index in [0.29, 0.717) is 11.3 Å². The van der Waals surface area contributed by atoms with Crippen molar-refractivity contribution in [2.45, 2.75) is 45.1 Å². The van der Waals surface area contributed by atoms with Gasteiger partial charge in [0.15, 0.2) is 0 Å². The van der Waals surface area contributed by atoms with Crippen LogP contribution in [0.3, 0.4) is 0 Å². The van der Waals surface area contributed by atoms with E-state index >= 15 is 0 Å². The molecule has 0 unspecified atom stereocenters. The molecule has 2 fully saturated rings. The Labute approximate surface area is 126 Å². The second-order valence-electron chi connectivity index (χ2n) is 6.88. The topological polar surface area (TPSA) is 52.6 Å². The number of hydrogen-bond donors (Lipinski definition) is 2. The van der Waals surface area contributed by atoms with E-state index in [1.807, 2.05) is 17.0 Å². The zero-order valence-electron chi connectivity index (χ0n) is 12.8. The van der Waals surface area contributed by atoms with Crippen molar-refractivity contribution in [3.05, 3.63) is 29.8 Å². The van der Waals surface area contributed by atoms with E-state index in [2.05, 4.69) is 31.3 Å². The van der Waals surface area contributed by atoms with Gasteiger partial charge in [-0.15, -0.1) is 0 Å². The largest absolute Gasteiger partial charge is 0.394 e. The third-order valence-corrected chi connectivity index (χ3v) is 4.87. The molecule has 0 radical (unpaired) electrons. The quantitative estimate of drug-likeness (QED) is 0.897. The van der Waals surface area contributed by atoms with Crippen LogP contribution in [-0.2, 0) is 0 Å². The third kappa shape index (κ3) is 2.91. The van der Waals surface area contributed by atoms with Gasteiger partial charge < -0.3 is 15.3 Å². The number of urea groups is 1. The van der Waals surface area contributed by atoms with Crippen LogP contribution in [0.15, 0.2) is 24.3 Å². The Kier molecular flexibility index (Phi) is 3.66. The summed E-state index contributed by atoms with van der Waals surface area (Å²) in [6.07, 6.45) is 3.33. The number of amides is 2. The molecule has 1 aromatic rings. The minimum Gasteiger partial charge on any atom is -0.394 e. The first kappa shape index (κ1) is 14.4. The lowest BCUT2D eigenvalue weighted by Gasteiger charge is -2.23. The van der Waals surface area contributed by atoms with Crippen molar-refractivity contribution in [3.8, 4) is 0 Å². The first-order valence-corrected chi connectivity index (χ1v) is 7.81. The fourth-order valence-electron chi connectivity index (χ4n) is 3.25. The van der Waals surface area contributed by atoms with Crippen LogP contribution in [0, 0.1) is 5.41 Å². The fourth-order valence-corrected chi connectivity index (χ4v) is 3.25. The van der Waals surface area contributed by atoms with Crippen LogP contribution in [0.4, 0.5) is 10.5 Å². The Balaban J connectivity index is 1.65. The van der Waals surface area contributed by atoms with Gasteiger partial charge in [-0.25, -0.2) is 4.79 Å². The monoisotopic (exact) mass is 288 g/mol. The first-order valence-electron chi connectivity index (χ1n) is 7.81. The van der Waals surface area contributed by atoms with Crippen LogP contribution in [-0.4, -0.2) is 35.2 Å². The summed E-state index contributed by atoms with van der Waals surface area (Å²) in [6, 6.07) is 7.89. The summed E-state index contributed by atoms with van der Waals surface area (Å²) in [5.41, 5.74) is 2.39. The number of aliphatic hydroxyl groups is 1. The summed E-state index contributed by atoms with van der Waals surface area (Å²) in [6.45, 7) is 5.15. The second kappa shape index (κ2) is 5.34. The van der Waals surface area contributed by atoms with Crippen LogP contribution in [0.5, 0.6) is 0 Å². The molecule has 0 bridgehead atoms. The van der Waals surface area contributed by atoms with E-state index in [9.17, 15) is 9.90 Å². The normalized spacial score (nSPS) is 22.9. The smallest absolute Gasteiger partial charge is 0.322 e. The van der Waals surface area contributed by atoms with Crippen molar-refractivity contribution in [2.75, 3.05) is 18.5 Å². The maximum absolute atomic E-state index is 12.4. The van der Waals surface area contributed by atoms with Crippen molar-refractivity contribution in [1.29, 1.82) is 0 Å². The van der Waals surface area contributed by atoms with Gasteiger partial charge in [-0.2, -0.15) is 0 Å². The van der Waals surface area contributed by atoms with Crippen molar-refractivity contribution < 1.29 is 9.90 Å². The number of benzene rings is 1. The molecule has 1 heterocycles. The molecule has 3 rings (SSSR count). The lowest BCUT2D eigenvalue weighted by molar-refractivity contribution is 0.166. The van der Waals surface area contributed by atoms with Crippen LogP contribution < -0.4 is 5.32 Å². The molecule has 0 aromatic heterocycles. The number of carbonyl (C=O) groups is 1. The second-order valence-corrected chi connectivity index (χ2v) is 6.88. The number of hydrogen-bond acceptors (Lipinski definition) is 2. The maximum atomic E-state index is 12.4. The van der Waals surface area contributed by atoms with Gasteiger partial charge in [0, 0.05) is 12.2 Å². The average molecular weight is 288 g/mol. The van der Waals surface area contributed by atoms with E-state index in [0.717, 1.165) is 18.7 Å². The molecule has 1 aliphatic carbocycles. The van der Waals surface area contributed by atoms with E-state index in [4.69, 9.17) is 0 Å². The standard InChI is InChI=1S/C17H24N2O2/c1-12(2)13-3-5-14(6-4-13)18-16(21)19-11-17(7-8-17)9-15(19)10-20/h3-6,12,15,20H,7-11H2,1-2H3,(H,18,21)/t15-/m0/s1. The molecule has 1 aromatic carbocycles. The predicted octanol–water partition coefficient (Wildman–Crippen LogP) is 3.19. The summed E-state index contributed by atoms with van der Waals surface area (Å²) in [5.74, 6) is 0.488. The van der Waals surface area contributed by atoms with Crippen LogP contribution in [0.1, 0.15) is 44.6 Å². The Morgan fingerprint density at radius 1 is 1.38 bits per heavy atom. The zero-order chi connectivity index (χ0) is 15.0. The van der Waals surface area contributed by atoms with Gasteiger partial charge in [0.25, 0.3) is 0 Å². The molecule has 2 N–H and O–H groups in total. The molecule has 2 amide bonds. The predicted molar refractivity (Wildman–Crippen MR) is 83.4 cm³/mol.